The highest BCUT2D eigenvalue weighted by molar-refractivity contribution is 7.99. The Morgan fingerprint density at radius 2 is 1.77 bits per heavy atom. The fourth-order valence-electron chi connectivity index (χ4n) is 3.80. The van der Waals surface area contributed by atoms with E-state index < -0.39 is 0 Å². The molecule has 0 amide bonds. The molecule has 3 aromatic rings. The first kappa shape index (κ1) is 21.7. The summed E-state index contributed by atoms with van der Waals surface area (Å²) >= 11 is 1.69. The van der Waals surface area contributed by atoms with E-state index in [1.807, 2.05) is 12.3 Å². The van der Waals surface area contributed by atoms with E-state index >= 15 is 0 Å². The highest BCUT2D eigenvalue weighted by atomic mass is 32.2. The second kappa shape index (κ2) is 10.6. The van der Waals surface area contributed by atoms with E-state index in [0.717, 1.165) is 56.7 Å². The minimum atomic E-state index is 0.733. The first-order valence-electron chi connectivity index (χ1n) is 11.0. The molecule has 2 aromatic carbocycles. The molecule has 31 heavy (non-hydrogen) atoms. The van der Waals surface area contributed by atoms with Gasteiger partial charge in [-0.15, -0.1) is 0 Å². The summed E-state index contributed by atoms with van der Waals surface area (Å²) < 4.78 is 5.44. The van der Waals surface area contributed by atoms with Gasteiger partial charge >= 0.3 is 0 Å². The number of anilines is 2. The van der Waals surface area contributed by atoms with Gasteiger partial charge in [0.1, 0.15) is 10.9 Å². The molecule has 0 radical (unpaired) electrons. The van der Waals surface area contributed by atoms with E-state index in [0.29, 0.717) is 0 Å². The average Bonchev–Trinajstić information content (AvgIpc) is 2.82. The zero-order valence-corrected chi connectivity index (χ0v) is 19.1. The van der Waals surface area contributed by atoms with Crippen LogP contribution in [0, 0.1) is 0 Å². The van der Waals surface area contributed by atoms with Crippen molar-refractivity contribution in [2.24, 2.45) is 0 Å². The smallest absolute Gasteiger partial charge is 0.133 e. The third kappa shape index (κ3) is 5.77. The fourth-order valence-corrected chi connectivity index (χ4v) is 4.65. The zero-order valence-electron chi connectivity index (χ0n) is 18.3. The minimum Gasteiger partial charge on any atom is -0.378 e. The van der Waals surface area contributed by atoms with Crippen LogP contribution >= 0.6 is 11.8 Å². The monoisotopic (exact) mass is 434 g/mol. The van der Waals surface area contributed by atoms with E-state index in [1.165, 1.54) is 21.8 Å². The summed E-state index contributed by atoms with van der Waals surface area (Å²) in [6.07, 6.45) is 2.60. The van der Waals surface area contributed by atoms with Crippen molar-refractivity contribution in [3.63, 3.8) is 0 Å². The Hall–Kier alpha value is -2.57. The lowest BCUT2D eigenvalue weighted by molar-refractivity contribution is 0.122. The molecule has 1 saturated heterocycles. The number of benzene rings is 2. The Balaban J connectivity index is 1.42. The van der Waals surface area contributed by atoms with Gasteiger partial charge in [0.15, 0.2) is 0 Å². The number of nitrogens with zero attached hydrogens (tertiary/aromatic N) is 4. The molecular formula is C25H30N4OS. The maximum atomic E-state index is 5.44. The van der Waals surface area contributed by atoms with E-state index in [9.17, 15) is 0 Å². The second-order valence-corrected chi connectivity index (χ2v) is 8.62. The van der Waals surface area contributed by atoms with E-state index in [1.54, 1.807) is 11.8 Å². The van der Waals surface area contributed by atoms with Gasteiger partial charge in [-0.05, 0) is 55.8 Å². The minimum absolute atomic E-state index is 0.733. The van der Waals surface area contributed by atoms with Crippen LogP contribution in [0.5, 0.6) is 0 Å². The molecule has 0 saturated carbocycles. The molecule has 5 nitrogen and oxygen atoms in total. The van der Waals surface area contributed by atoms with Crippen molar-refractivity contribution in [1.82, 2.24) is 9.97 Å². The summed E-state index contributed by atoms with van der Waals surface area (Å²) in [7, 11) is 0. The Kier molecular flexibility index (Phi) is 7.43. The summed E-state index contributed by atoms with van der Waals surface area (Å²) in [6, 6.07) is 19.4. The van der Waals surface area contributed by atoms with Crippen molar-refractivity contribution < 1.29 is 4.74 Å². The third-order valence-electron chi connectivity index (χ3n) is 5.52. The summed E-state index contributed by atoms with van der Waals surface area (Å²) in [5.41, 5.74) is 3.73. The zero-order chi connectivity index (χ0) is 21.5. The summed E-state index contributed by atoms with van der Waals surface area (Å²) in [6.45, 7) is 9.91. The normalized spacial score (nSPS) is 13.9. The van der Waals surface area contributed by atoms with Crippen molar-refractivity contribution in [3.8, 4) is 0 Å². The standard InChI is InChI=1S/C25H30N4OS/c1-3-28(4-2)22-6-5-7-23(19-22)31-25-12-13-26-24(27-25)18-20-8-10-21(11-9-20)29-14-16-30-17-15-29/h5-13,19H,3-4,14-18H2,1-2H3. The number of hydrogen-bond acceptors (Lipinski definition) is 6. The van der Waals surface area contributed by atoms with Crippen LogP contribution in [-0.2, 0) is 11.2 Å². The van der Waals surface area contributed by atoms with Crippen molar-refractivity contribution in [1.29, 1.82) is 0 Å². The predicted octanol–water partition coefficient (Wildman–Crippen LogP) is 4.90. The fraction of sp³-hybridized carbons (Fsp3) is 0.360. The lowest BCUT2D eigenvalue weighted by Crippen LogP contribution is -2.36. The topological polar surface area (TPSA) is 41.5 Å². The number of rotatable bonds is 8. The molecule has 0 unspecified atom stereocenters. The molecule has 0 spiro atoms. The molecule has 0 N–H and O–H groups in total. The maximum absolute atomic E-state index is 5.44. The van der Waals surface area contributed by atoms with Gasteiger partial charge in [-0.3, -0.25) is 0 Å². The lowest BCUT2D eigenvalue weighted by atomic mass is 10.1. The van der Waals surface area contributed by atoms with Gasteiger partial charge in [0.05, 0.1) is 13.2 Å². The molecule has 6 heteroatoms. The summed E-state index contributed by atoms with van der Waals surface area (Å²) in [4.78, 5) is 15.2. The summed E-state index contributed by atoms with van der Waals surface area (Å²) in [5.74, 6) is 0.851. The van der Waals surface area contributed by atoms with Gasteiger partial charge in [0, 0.05) is 55.1 Å². The van der Waals surface area contributed by atoms with Crippen molar-refractivity contribution in [2.45, 2.75) is 30.2 Å². The molecule has 1 aromatic heterocycles. The average molecular weight is 435 g/mol. The van der Waals surface area contributed by atoms with Gasteiger partial charge in [-0.2, -0.15) is 0 Å². The lowest BCUT2D eigenvalue weighted by Gasteiger charge is -2.28. The van der Waals surface area contributed by atoms with Gasteiger partial charge < -0.3 is 14.5 Å². The first-order valence-corrected chi connectivity index (χ1v) is 11.8. The van der Waals surface area contributed by atoms with Crippen LogP contribution in [0.15, 0.2) is 70.7 Å². The molecule has 2 heterocycles. The number of morpholine rings is 1. The quantitative estimate of drug-likeness (QED) is 0.470. The Labute approximate surface area is 189 Å². The van der Waals surface area contributed by atoms with Crippen LogP contribution in [0.25, 0.3) is 0 Å². The Morgan fingerprint density at radius 3 is 2.52 bits per heavy atom. The van der Waals surface area contributed by atoms with E-state index in [4.69, 9.17) is 9.72 Å². The predicted molar refractivity (Wildman–Crippen MR) is 128 cm³/mol. The van der Waals surface area contributed by atoms with Crippen LogP contribution in [-0.4, -0.2) is 49.4 Å². The molecule has 1 fully saturated rings. The van der Waals surface area contributed by atoms with E-state index in [2.05, 4.69) is 77.2 Å². The van der Waals surface area contributed by atoms with Gasteiger partial charge in [-0.1, -0.05) is 30.0 Å². The molecule has 0 aliphatic carbocycles. The molecule has 1 aliphatic rings. The highest BCUT2D eigenvalue weighted by Crippen LogP contribution is 2.29. The molecule has 4 rings (SSSR count). The van der Waals surface area contributed by atoms with Crippen LogP contribution in [0.2, 0.25) is 0 Å². The van der Waals surface area contributed by atoms with Crippen molar-refractivity contribution in [2.75, 3.05) is 49.2 Å². The molecule has 0 bridgehead atoms. The SMILES string of the molecule is CCN(CC)c1cccc(Sc2ccnc(Cc3ccc(N4CCOCC4)cc3)n2)c1. The first-order chi connectivity index (χ1) is 15.2. The summed E-state index contributed by atoms with van der Waals surface area (Å²) in [5, 5.41) is 0.978. The molecule has 0 atom stereocenters. The third-order valence-corrected chi connectivity index (χ3v) is 6.45. The van der Waals surface area contributed by atoms with Crippen LogP contribution in [0.4, 0.5) is 11.4 Å². The van der Waals surface area contributed by atoms with Gasteiger partial charge in [0.2, 0.25) is 0 Å². The highest BCUT2D eigenvalue weighted by Gasteiger charge is 2.11. The Bertz CT molecular complexity index is 969. The van der Waals surface area contributed by atoms with Crippen LogP contribution in [0.1, 0.15) is 25.2 Å². The molecule has 1 aliphatic heterocycles. The Morgan fingerprint density at radius 1 is 1.00 bits per heavy atom. The van der Waals surface area contributed by atoms with Crippen molar-refractivity contribution >= 4 is 23.1 Å². The van der Waals surface area contributed by atoms with E-state index in [-0.39, 0.29) is 0 Å². The van der Waals surface area contributed by atoms with Gasteiger partial charge in [-0.25, -0.2) is 9.97 Å². The largest absolute Gasteiger partial charge is 0.378 e. The molecular weight excluding hydrogens is 404 g/mol. The molecule has 162 valence electrons. The van der Waals surface area contributed by atoms with Crippen LogP contribution < -0.4 is 9.80 Å². The van der Waals surface area contributed by atoms with Crippen LogP contribution in [0.3, 0.4) is 0 Å². The second-order valence-electron chi connectivity index (χ2n) is 7.53. The van der Waals surface area contributed by atoms with Crippen molar-refractivity contribution in [3.05, 3.63) is 72.2 Å². The van der Waals surface area contributed by atoms with Gasteiger partial charge in [0.25, 0.3) is 0 Å². The number of ether oxygens (including phenoxy) is 1. The maximum Gasteiger partial charge on any atom is 0.133 e. The number of aromatic nitrogens is 2. The number of hydrogen-bond donors (Lipinski definition) is 0.